The number of carbonyl (C=O) groups excluding carboxylic acids is 2. The number of halogens is 1. The highest BCUT2D eigenvalue weighted by molar-refractivity contribution is 6.30. The van der Waals surface area contributed by atoms with E-state index in [-0.39, 0.29) is 11.8 Å². The van der Waals surface area contributed by atoms with E-state index in [2.05, 4.69) is 5.32 Å². The minimum absolute atomic E-state index is 0.0217. The lowest BCUT2D eigenvalue weighted by molar-refractivity contribution is -0.141. The third-order valence-electron chi connectivity index (χ3n) is 5.56. The molecule has 172 valence electrons. The molecule has 0 unspecified atom stereocenters. The molecule has 0 spiro atoms. The van der Waals surface area contributed by atoms with Gasteiger partial charge in [-0.05, 0) is 41.7 Å². The normalized spacial score (nSPS) is 11.6. The van der Waals surface area contributed by atoms with Crippen molar-refractivity contribution in [1.82, 2.24) is 10.2 Å². The fraction of sp³-hybridized carbons (Fsp3) is 0.286. The number of hydrogen-bond donors (Lipinski definition) is 1. The summed E-state index contributed by atoms with van der Waals surface area (Å²) in [5, 5.41) is 3.71. The van der Waals surface area contributed by atoms with Crippen molar-refractivity contribution in [1.29, 1.82) is 0 Å². The standard InChI is InChI=1S/C28H31ClN2O2/c1-2-9-27(32)31(21-24-14-16-25(29)17-15-24)26(20-23-12-7-4-8-13-23)28(33)30-19-18-22-10-5-3-6-11-22/h3-8,10-17,26H,2,9,18-21H2,1H3,(H,30,33)/t26-/m0/s1. The molecule has 0 aliphatic heterocycles. The molecule has 0 saturated heterocycles. The van der Waals surface area contributed by atoms with Crippen LogP contribution in [0.2, 0.25) is 5.02 Å². The largest absolute Gasteiger partial charge is 0.354 e. The highest BCUT2D eigenvalue weighted by Crippen LogP contribution is 2.18. The highest BCUT2D eigenvalue weighted by atomic mass is 35.5. The quantitative estimate of drug-likeness (QED) is 0.412. The lowest BCUT2D eigenvalue weighted by Gasteiger charge is -2.31. The number of rotatable bonds is 11. The van der Waals surface area contributed by atoms with Gasteiger partial charge in [-0.25, -0.2) is 0 Å². The summed E-state index contributed by atoms with van der Waals surface area (Å²) in [7, 11) is 0. The van der Waals surface area contributed by atoms with E-state index < -0.39 is 6.04 Å². The number of nitrogens with zero attached hydrogens (tertiary/aromatic N) is 1. The molecule has 0 aliphatic rings. The number of nitrogens with one attached hydrogen (secondary N) is 1. The first kappa shape index (κ1) is 24.5. The molecule has 1 N–H and O–H groups in total. The van der Waals surface area contributed by atoms with E-state index in [1.54, 1.807) is 4.90 Å². The van der Waals surface area contributed by atoms with Crippen LogP contribution in [0.15, 0.2) is 84.9 Å². The summed E-state index contributed by atoms with van der Waals surface area (Å²) < 4.78 is 0. The predicted octanol–water partition coefficient (Wildman–Crippen LogP) is 5.44. The van der Waals surface area contributed by atoms with Crippen molar-refractivity contribution in [3.8, 4) is 0 Å². The average Bonchev–Trinajstić information content (AvgIpc) is 2.84. The van der Waals surface area contributed by atoms with Gasteiger partial charge in [0, 0.05) is 31.0 Å². The van der Waals surface area contributed by atoms with Gasteiger partial charge in [0.2, 0.25) is 11.8 Å². The summed E-state index contributed by atoms with van der Waals surface area (Å²) in [5.41, 5.74) is 3.13. The Labute approximate surface area is 201 Å². The lowest BCUT2D eigenvalue weighted by Crippen LogP contribution is -2.50. The molecule has 0 aliphatic carbocycles. The third-order valence-corrected chi connectivity index (χ3v) is 5.81. The summed E-state index contributed by atoms with van der Waals surface area (Å²) in [4.78, 5) is 28.3. The maximum Gasteiger partial charge on any atom is 0.243 e. The molecule has 3 aromatic rings. The molecule has 5 heteroatoms. The van der Waals surface area contributed by atoms with Crippen LogP contribution in [0.25, 0.3) is 0 Å². The van der Waals surface area contributed by atoms with E-state index in [0.29, 0.717) is 31.0 Å². The van der Waals surface area contributed by atoms with E-state index >= 15 is 0 Å². The SMILES string of the molecule is CCCC(=O)N(Cc1ccc(Cl)cc1)[C@@H](Cc1ccccc1)C(=O)NCCc1ccccc1. The number of carbonyl (C=O) groups is 2. The van der Waals surface area contributed by atoms with Gasteiger partial charge in [0.05, 0.1) is 0 Å². The minimum atomic E-state index is -0.599. The maximum atomic E-state index is 13.4. The fourth-order valence-corrected chi connectivity index (χ4v) is 3.92. The zero-order chi connectivity index (χ0) is 23.5. The second kappa shape index (κ2) is 12.8. The molecule has 0 heterocycles. The number of benzene rings is 3. The molecule has 2 amide bonds. The van der Waals surface area contributed by atoms with Gasteiger partial charge >= 0.3 is 0 Å². The van der Waals surface area contributed by atoms with Gasteiger partial charge in [-0.2, -0.15) is 0 Å². The average molecular weight is 463 g/mol. The van der Waals surface area contributed by atoms with Crippen LogP contribution in [0.5, 0.6) is 0 Å². The molecule has 0 fully saturated rings. The Bertz CT molecular complexity index is 1010. The molecule has 3 aromatic carbocycles. The van der Waals surface area contributed by atoms with Gasteiger partial charge in [0.25, 0.3) is 0 Å². The molecule has 4 nitrogen and oxygen atoms in total. The predicted molar refractivity (Wildman–Crippen MR) is 134 cm³/mol. The van der Waals surface area contributed by atoms with Gasteiger partial charge < -0.3 is 10.2 Å². The van der Waals surface area contributed by atoms with E-state index in [1.165, 1.54) is 0 Å². The molecule has 1 atom stereocenters. The van der Waals surface area contributed by atoms with Gasteiger partial charge in [0.15, 0.2) is 0 Å². The van der Waals surface area contributed by atoms with Crippen LogP contribution < -0.4 is 5.32 Å². The highest BCUT2D eigenvalue weighted by Gasteiger charge is 2.29. The molecular formula is C28H31ClN2O2. The van der Waals surface area contributed by atoms with Crippen molar-refractivity contribution in [3.05, 3.63) is 107 Å². The first-order chi connectivity index (χ1) is 16.1. The molecule has 0 bridgehead atoms. The molecule has 0 aromatic heterocycles. The summed E-state index contributed by atoms with van der Waals surface area (Å²) in [6, 6.07) is 26.7. The Morgan fingerprint density at radius 3 is 2.06 bits per heavy atom. The summed E-state index contributed by atoms with van der Waals surface area (Å²) in [5.74, 6) is -0.153. The molecule has 0 saturated carbocycles. The first-order valence-corrected chi connectivity index (χ1v) is 11.8. The van der Waals surface area contributed by atoms with E-state index in [4.69, 9.17) is 11.6 Å². The van der Waals surface area contributed by atoms with Crippen LogP contribution in [0, 0.1) is 0 Å². The fourth-order valence-electron chi connectivity index (χ4n) is 3.79. The lowest BCUT2D eigenvalue weighted by atomic mass is 10.0. The van der Waals surface area contributed by atoms with Gasteiger partial charge in [-0.1, -0.05) is 91.3 Å². The van der Waals surface area contributed by atoms with Crippen molar-refractivity contribution < 1.29 is 9.59 Å². The number of hydrogen-bond acceptors (Lipinski definition) is 2. The Morgan fingerprint density at radius 2 is 1.45 bits per heavy atom. The van der Waals surface area contributed by atoms with Crippen LogP contribution in [0.4, 0.5) is 0 Å². The van der Waals surface area contributed by atoms with Crippen LogP contribution in [-0.4, -0.2) is 29.3 Å². The Kier molecular flexibility index (Phi) is 9.52. The summed E-state index contributed by atoms with van der Waals surface area (Å²) in [6.07, 6.45) is 2.32. The van der Waals surface area contributed by atoms with E-state index in [9.17, 15) is 9.59 Å². The van der Waals surface area contributed by atoms with Crippen molar-refractivity contribution in [2.45, 2.75) is 45.2 Å². The molecule has 0 radical (unpaired) electrons. The van der Waals surface area contributed by atoms with E-state index in [0.717, 1.165) is 29.5 Å². The summed E-state index contributed by atoms with van der Waals surface area (Å²) in [6.45, 7) is 2.86. The smallest absolute Gasteiger partial charge is 0.243 e. The maximum absolute atomic E-state index is 13.4. The van der Waals surface area contributed by atoms with Crippen LogP contribution in [0.3, 0.4) is 0 Å². The topological polar surface area (TPSA) is 49.4 Å². The van der Waals surface area contributed by atoms with Crippen LogP contribution >= 0.6 is 11.6 Å². The number of amides is 2. The zero-order valence-corrected chi connectivity index (χ0v) is 19.8. The van der Waals surface area contributed by atoms with Crippen molar-refractivity contribution in [3.63, 3.8) is 0 Å². The molecule has 33 heavy (non-hydrogen) atoms. The third kappa shape index (κ3) is 7.76. The van der Waals surface area contributed by atoms with Crippen LogP contribution in [-0.2, 0) is 29.0 Å². The van der Waals surface area contributed by atoms with Crippen LogP contribution in [0.1, 0.15) is 36.5 Å². The molecule has 3 rings (SSSR count). The Hall–Kier alpha value is -3.11. The van der Waals surface area contributed by atoms with Crippen molar-refractivity contribution in [2.24, 2.45) is 0 Å². The minimum Gasteiger partial charge on any atom is -0.354 e. The van der Waals surface area contributed by atoms with E-state index in [1.807, 2.05) is 91.9 Å². The van der Waals surface area contributed by atoms with Crippen molar-refractivity contribution in [2.75, 3.05) is 6.54 Å². The van der Waals surface area contributed by atoms with Gasteiger partial charge in [0.1, 0.15) is 6.04 Å². The zero-order valence-electron chi connectivity index (χ0n) is 19.0. The monoisotopic (exact) mass is 462 g/mol. The van der Waals surface area contributed by atoms with Gasteiger partial charge in [-0.3, -0.25) is 9.59 Å². The second-order valence-electron chi connectivity index (χ2n) is 8.13. The second-order valence-corrected chi connectivity index (χ2v) is 8.57. The Balaban J connectivity index is 1.81. The first-order valence-electron chi connectivity index (χ1n) is 11.5. The van der Waals surface area contributed by atoms with Gasteiger partial charge in [-0.15, -0.1) is 0 Å². The Morgan fingerprint density at radius 1 is 0.848 bits per heavy atom. The summed E-state index contributed by atoms with van der Waals surface area (Å²) >= 11 is 6.04. The van der Waals surface area contributed by atoms with Crippen molar-refractivity contribution >= 4 is 23.4 Å². The molecular weight excluding hydrogens is 432 g/mol.